The third kappa shape index (κ3) is 3.13. The molecule has 1 unspecified atom stereocenters. The predicted octanol–water partition coefficient (Wildman–Crippen LogP) is 4.04. The Balaban J connectivity index is 1.77. The Morgan fingerprint density at radius 3 is 2.67 bits per heavy atom. The van der Waals surface area contributed by atoms with E-state index in [-0.39, 0.29) is 6.04 Å². The van der Waals surface area contributed by atoms with Crippen molar-refractivity contribution in [2.75, 3.05) is 5.75 Å². The second-order valence-electron chi connectivity index (χ2n) is 4.98. The number of fused-ring (bicyclic) bond motifs is 1. The third-order valence-electron chi connectivity index (χ3n) is 3.49. The number of benzene rings is 2. The van der Waals surface area contributed by atoms with E-state index in [1.165, 1.54) is 10.5 Å². The highest BCUT2D eigenvalue weighted by atomic mass is 32.2. The Morgan fingerprint density at radius 1 is 1.14 bits per heavy atom. The van der Waals surface area contributed by atoms with Crippen molar-refractivity contribution in [3.63, 3.8) is 0 Å². The van der Waals surface area contributed by atoms with Gasteiger partial charge >= 0.3 is 0 Å². The maximum Gasteiger partial charge on any atom is 0.134 e. The summed E-state index contributed by atoms with van der Waals surface area (Å²) in [6.45, 7) is 2.12. The van der Waals surface area contributed by atoms with Gasteiger partial charge in [-0.05, 0) is 30.7 Å². The summed E-state index contributed by atoms with van der Waals surface area (Å²) in [5, 5.41) is 1.11. The van der Waals surface area contributed by atoms with Crippen molar-refractivity contribution in [3.05, 3.63) is 65.9 Å². The molecule has 1 atom stereocenters. The van der Waals surface area contributed by atoms with Crippen molar-refractivity contribution in [2.24, 2.45) is 5.84 Å². The lowest BCUT2D eigenvalue weighted by Gasteiger charge is -2.13. The normalized spacial score (nSPS) is 12.7. The molecule has 1 aromatic heterocycles. The van der Waals surface area contributed by atoms with Crippen molar-refractivity contribution < 1.29 is 4.42 Å². The smallest absolute Gasteiger partial charge is 0.134 e. The number of hydrogen-bond acceptors (Lipinski definition) is 4. The Labute approximate surface area is 128 Å². The summed E-state index contributed by atoms with van der Waals surface area (Å²) in [6.07, 6.45) is 0. The van der Waals surface area contributed by atoms with Gasteiger partial charge < -0.3 is 4.42 Å². The zero-order chi connectivity index (χ0) is 14.7. The minimum absolute atomic E-state index is 0.0120. The van der Waals surface area contributed by atoms with Gasteiger partial charge in [0.25, 0.3) is 0 Å². The van der Waals surface area contributed by atoms with E-state index in [9.17, 15) is 0 Å². The molecule has 3 aromatic rings. The number of nitrogens with two attached hydrogens (primary N) is 1. The van der Waals surface area contributed by atoms with E-state index in [0.717, 1.165) is 22.5 Å². The number of hydrazine groups is 1. The molecule has 108 valence electrons. The number of hydrogen-bond donors (Lipinski definition) is 2. The number of furan rings is 1. The molecule has 0 radical (unpaired) electrons. The van der Waals surface area contributed by atoms with Crippen LogP contribution < -0.4 is 11.3 Å². The van der Waals surface area contributed by atoms with E-state index >= 15 is 0 Å². The van der Waals surface area contributed by atoms with Crippen LogP contribution in [0.25, 0.3) is 11.0 Å². The monoisotopic (exact) mass is 298 g/mol. The molecule has 0 aliphatic heterocycles. The zero-order valence-electron chi connectivity index (χ0n) is 11.9. The molecule has 4 heteroatoms. The Hall–Kier alpha value is -1.75. The number of thioether (sulfide) groups is 1. The summed E-state index contributed by atoms with van der Waals surface area (Å²) < 4.78 is 5.88. The molecule has 3 rings (SSSR count). The van der Waals surface area contributed by atoms with Crippen molar-refractivity contribution in [2.45, 2.75) is 17.9 Å². The summed E-state index contributed by atoms with van der Waals surface area (Å²) >= 11 is 1.78. The van der Waals surface area contributed by atoms with Crippen LogP contribution in [0, 0.1) is 6.92 Å². The van der Waals surface area contributed by atoms with Crippen LogP contribution >= 0.6 is 11.8 Å². The minimum Gasteiger partial charge on any atom is -0.459 e. The first kappa shape index (κ1) is 14.2. The first-order valence-corrected chi connectivity index (χ1v) is 7.89. The molecule has 3 nitrogen and oxygen atoms in total. The van der Waals surface area contributed by atoms with Crippen LogP contribution in [0.4, 0.5) is 0 Å². The lowest BCUT2D eigenvalue weighted by Crippen LogP contribution is -2.29. The van der Waals surface area contributed by atoms with Gasteiger partial charge in [0.1, 0.15) is 11.3 Å². The average Bonchev–Trinajstić information content (AvgIpc) is 2.93. The van der Waals surface area contributed by atoms with Gasteiger partial charge in [-0.2, -0.15) is 0 Å². The molecule has 0 saturated heterocycles. The number of aryl methyl sites for hydroxylation is 1. The highest BCUT2D eigenvalue weighted by molar-refractivity contribution is 7.99. The predicted molar refractivity (Wildman–Crippen MR) is 88.2 cm³/mol. The van der Waals surface area contributed by atoms with Gasteiger partial charge in [0.2, 0.25) is 0 Å². The standard InChI is InChI=1S/C17H18N2OS/c1-12-6-2-5-9-17(12)21-11-14(19-18)16-10-13-7-3-4-8-15(13)20-16/h2-10,14,19H,11,18H2,1H3. The zero-order valence-corrected chi connectivity index (χ0v) is 12.7. The summed E-state index contributed by atoms with van der Waals surface area (Å²) in [5.74, 6) is 7.40. The largest absolute Gasteiger partial charge is 0.459 e. The van der Waals surface area contributed by atoms with Crippen molar-refractivity contribution in [3.8, 4) is 0 Å². The maximum atomic E-state index is 5.88. The highest BCUT2D eigenvalue weighted by Gasteiger charge is 2.15. The van der Waals surface area contributed by atoms with Crippen LogP contribution in [0.15, 0.2) is 63.9 Å². The van der Waals surface area contributed by atoms with Gasteiger partial charge in [0.15, 0.2) is 0 Å². The van der Waals surface area contributed by atoms with Gasteiger partial charge in [0.05, 0.1) is 6.04 Å². The Kier molecular flexibility index (Phi) is 4.29. The van der Waals surface area contributed by atoms with Gasteiger partial charge in [-0.25, -0.2) is 5.43 Å². The van der Waals surface area contributed by atoms with Crippen LogP contribution in [-0.2, 0) is 0 Å². The molecule has 0 fully saturated rings. The molecule has 0 saturated carbocycles. The second-order valence-corrected chi connectivity index (χ2v) is 6.04. The van der Waals surface area contributed by atoms with Gasteiger partial charge in [-0.3, -0.25) is 5.84 Å². The van der Waals surface area contributed by atoms with Gasteiger partial charge in [-0.1, -0.05) is 36.4 Å². The minimum atomic E-state index is -0.0120. The number of rotatable bonds is 5. The van der Waals surface area contributed by atoms with Crippen LogP contribution in [-0.4, -0.2) is 5.75 Å². The van der Waals surface area contributed by atoms with Crippen molar-refractivity contribution in [1.82, 2.24) is 5.43 Å². The first-order valence-electron chi connectivity index (χ1n) is 6.91. The summed E-state index contributed by atoms with van der Waals surface area (Å²) in [6, 6.07) is 18.4. The van der Waals surface area contributed by atoms with Crippen LogP contribution in [0.2, 0.25) is 0 Å². The fourth-order valence-corrected chi connectivity index (χ4v) is 3.36. The molecule has 0 aliphatic rings. The molecule has 1 heterocycles. The van der Waals surface area contributed by atoms with E-state index in [1.807, 2.05) is 24.3 Å². The molecule has 0 spiro atoms. The van der Waals surface area contributed by atoms with E-state index in [4.69, 9.17) is 10.3 Å². The maximum absolute atomic E-state index is 5.88. The molecule has 0 bridgehead atoms. The lowest BCUT2D eigenvalue weighted by atomic mass is 10.2. The van der Waals surface area contributed by atoms with Crippen molar-refractivity contribution >= 4 is 22.7 Å². The number of nitrogens with one attached hydrogen (secondary N) is 1. The van der Waals surface area contributed by atoms with Crippen molar-refractivity contribution in [1.29, 1.82) is 0 Å². The molecule has 21 heavy (non-hydrogen) atoms. The van der Waals surface area contributed by atoms with Crippen LogP contribution in [0.3, 0.4) is 0 Å². The first-order chi connectivity index (χ1) is 10.3. The van der Waals surface area contributed by atoms with Gasteiger partial charge in [-0.15, -0.1) is 11.8 Å². The topological polar surface area (TPSA) is 51.2 Å². The van der Waals surface area contributed by atoms with Gasteiger partial charge in [0, 0.05) is 16.0 Å². The fraction of sp³-hybridized carbons (Fsp3) is 0.176. The molecule has 0 aliphatic carbocycles. The molecule has 0 amide bonds. The van der Waals surface area contributed by atoms with E-state index in [0.29, 0.717) is 0 Å². The second kappa shape index (κ2) is 6.35. The Morgan fingerprint density at radius 2 is 1.90 bits per heavy atom. The highest BCUT2D eigenvalue weighted by Crippen LogP contribution is 2.29. The summed E-state index contributed by atoms with van der Waals surface area (Å²) in [7, 11) is 0. The van der Waals surface area contributed by atoms with Crippen LogP contribution in [0.5, 0.6) is 0 Å². The summed E-state index contributed by atoms with van der Waals surface area (Å²) in [5.41, 5.74) is 5.03. The van der Waals surface area contributed by atoms with E-state index in [1.54, 1.807) is 11.8 Å². The lowest BCUT2D eigenvalue weighted by molar-refractivity contribution is 0.464. The van der Waals surface area contributed by atoms with Crippen LogP contribution in [0.1, 0.15) is 17.4 Å². The Bertz CT molecular complexity index is 705. The fourth-order valence-electron chi connectivity index (χ4n) is 2.28. The SMILES string of the molecule is Cc1ccccc1SCC(NN)c1cc2ccccc2o1. The van der Waals surface area contributed by atoms with E-state index in [2.05, 4.69) is 42.7 Å². The molecular formula is C17H18N2OS. The molecule has 2 aromatic carbocycles. The average molecular weight is 298 g/mol. The van der Waals surface area contributed by atoms with E-state index < -0.39 is 0 Å². The third-order valence-corrected chi connectivity index (χ3v) is 4.76. The number of para-hydroxylation sites is 1. The molecule has 3 N–H and O–H groups in total. The summed E-state index contributed by atoms with van der Waals surface area (Å²) in [4.78, 5) is 1.27. The molecular weight excluding hydrogens is 280 g/mol. The quantitative estimate of drug-likeness (QED) is 0.424.